The number of anilines is 1. The van der Waals surface area contributed by atoms with Gasteiger partial charge < -0.3 is 10.4 Å². The Morgan fingerprint density at radius 2 is 2.42 bits per heavy atom. The molecule has 2 aromatic heterocycles. The third-order valence-corrected chi connectivity index (χ3v) is 4.15. The number of nitrogens with one attached hydrogen (secondary N) is 1. The quantitative estimate of drug-likeness (QED) is 0.739. The third-order valence-electron chi connectivity index (χ3n) is 2.15. The van der Waals surface area contributed by atoms with Crippen LogP contribution in [0.1, 0.15) is 5.69 Å². The molecule has 0 aliphatic heterocycles. The van der Waals surface area contributed by atoms with E-state index in [0.717, 1.165) is 18.7 Å². The van der Waals surface area contributed by atoms with Crippen LogP contribution in [0.5, 0.6) is 0 Å². The minimum atomic E-state index is -0.857. The van der Waals surface area contributed by atoms with Gasteiger partial charge in [-0.15, -0.1) is 10.2 Å². The number of nitrogens with zero attached hydrogens (tertiary/aromatic N) is 4. The van der Waals surface area contributed by atoms with E-state index in [2.05, 4.69) is 20.6 Å². The first-order chi connectivity index (χ1) is 9.13. The predicted molar refractivity (Wildman–Crippen MR) is 73.7 cm³/mol. The lowest BCUT2D eigenvalue weighted by Gasteiger charge is -1.98. The van der Waals surface area contributed by atoms with Gasteiger partial charge in [-0.3, -0.25) is 9.48 Å². The Hall–Kier alpha value is -1.61. The fourth-order valence-electron chi connectivity index (χ4n) is 1.36. The van der Waals surface area contributed by atoms with Gasteiger partial charge in [0, 0.05) is 26.2 Å². The van der Waals surface area contributed by atoms with Crippen LogP contribution in [-0.4, -0.2) is 43.4 Å². The van der Waals surface area contributed by atoms with E-state index in [1.807, 2.05) is 19.3 Å². The molecule has 2 aromatic rings. The molecule has 0 aliphatic carbocycles. The fraction of sp³-hybridized carbons (Fsp3) is 0.400. The van der Waals surface area contributed by atoms with E-state index in [1.165, 1.54) is 23.1 Å². The molecule has 9 heteroatoms. The molecule has 0 saturated heterocycles. The number of carboxylic acids is 1. The van der Waals surface area contributed by atoms with Crippen molar-refractivity contribution in [2.45, 2.75) is 10.8 Å². The molecule has 102 valence electrons. The monoisotopic (exact) mass is 299 g/mol. The first-order valence-corrected chi connectivity index (χ1v) is 7.34. The molecule has 0 fully saturated rings. The number of rotatable bonds is 7. The lowest BCUT2D eigenvalue weighted by Crippen LogP contribution is -2.05. The molecular weight excluding hydrogens is 286 g/mol. The van der Waals surface area contributed by atoms with Gasteiger partial charge in [0.2, 0.25) is 5.13 Å². The molecule has 0 atom stereocenters. The van der Waals surface area contributed by atoms with Crippen molar-refractivity contribution in [3.05, 3.63) is 18.0 Å². The molecule has 0 aromatic carbocycles. The minimum absolute atomic E-state index is 0.00255. The standard InChI is InChI=1S/C10H13N5O2S2/c1-15-5-3-7(14-15)2-4-11-9-12-13-10(19-9)18-6-8(16)17/h3,5H,2,4,6H2,1H3,(H,11,12)(H,16,17). The SMILES string of the molecule is Cn1ccc(CCNc2nnc(SCC(=O)O)s2)n1. The van der Waals surface area contributed by atoms with Crippen LogP contribution in [0.3, 0.4) is 0 Å². The predicted octanol–water partition coefficient (Wildman–Crippen LogP) is 1.10. The second-order valence-electron chi connectivity index (χ2n) is 3.71. The van der Waals surface area contributed by atoms with E-state index < -0.39 is 5.97 Å². The summed E-state index contributed by atoms with van der Waals surface area (Å²) in [7, 11) is 1.88. The van der Waals surface area contributed by atoms with Gasteiger partial charge in [-0.05, 0) is 6.07 Å². The highest BCUT2D eigenvalue weighted by atomic mass is 32.2. The molecule has 2 rings (SSSR count). The molecule has 0 radical (unpaired) electrons. The summed E-state index contributed by atoms with van der Waals surface area (Å²) in [4.78, 5) is 10.4. The van der Waals surface area contributed by atoms with Crippen LogP contribution >= 0.6 is 23.1 Å². The Labute approximate surface area is 118 Å². The summed E-state index contributed by atoms with van der Waals surface area (Å²) >= 11 is 2.53. The fourth-order valence-corrected chi connectivity index (χ4v) is 2.85. The Morgan fingerprint density at radius 3 is 3.11 bits per heavy atom. The molecule has 0 saturated carbocycles. The van der Waals surface area contributed by atoms with Gasteiger partial charge in [0.25, 0.3) is 0 Å². The van der Waals surface area contributed by atoms with E-state index in [-0.39, 0.29) is 5.75 Å². The van der Waals surface area contributed by atoms with Gasteiger partial charge in [0.1, 0.15) is 0 Å². The van der Waals surface area contributed by atoms with Crippen LogP contribution in [0.15, 0.2) is 16.6 Å². The van der Waals surface area contributed by atoms with E-state index >= 15 is 0 Å². The van der Waals surface area contributed by atoms with Crippen LogP contribution in [0.25, 0.3) is 0 Å². The molecule has 0 bridgehead atoms. The normalized spacial score (nSPS) is 10.6. The van der Waals surface area contributed by atoms with E-state index in [4.69, 9.17) is 5.11 Å². The van der Waals surface area contributed by atoms with Crippen molar-refractivity contribution >= 4 is 34.2 Å². The lowest BCUT2D eigenvalue weighted by molar-refractivity contribution is -0.133. The second-order valence-corrected chi connectivity index (χ2v) is 5.91. The van der Waals surface area contributed by atoms with E-state index in [1.54, 1.807) is 4.68 Å². The van der Waals surface area contributed by atoms with Gasteiger partial charge in [-0.1, -0.05) is 23.1 Å². The van der Waals surface area contributed by atoms with Crippen LogP contribution in [-0.2, 0) is 18.3 Å². The number of carboxylic acid groups (broad SMARTS) is 1. The highest BCUT2D eigenvalue weighted by Crippen LogP contribution is 2.25. The van der Waals surface area contributed by atoms with Crippen molar-refractivity contribution in [2.75, 3.05) is 17.6 Å². The molecule has 0 aliphatic rings. The third kappa shape index (κ3) is 4.52. The summed E-state index contributed by atoms with van der Waals surface area (Å²) in [5.74, 6) is -0.854. The smallest absolute Gasteiger partial charge is 0.313 e. The Morgan fingerprint density at radius 1 is 1.58 bits per heavy atom. The van der Waals surface area contributed by atoms with E-state index in [0.29, 0.717) is 9.47 Å². The van der Waals surface area contributed by atoms with Crippen molar-refractivity contribution in [3.63, 3.8) is 0 Å². The van der Waals surface area contributed by atoms with Crippen molar-refractivity contribution < 1.29 is 9.90 Å². The lowest BCUT2D eigenvalue weighted by atomic mass is 10.3. The summed E-state index contributed by atoms with van der Waals surface area (Å²) in [5, 5.41) is 24.5. The number of aromatic nitrogens is 4. The average molecular weight is 299 g/mol. The second kappa shape index (κ2) is 6.53. The average Bonchev–Trinajstić information content (AvgIpc) is 2.96. The van der Waals surface area contributed by atoms with Gasteiger partial charge in [0.05, 0.1) is 11.4 Å². The number of carbonyl (C=O) groups is 1. The summed E-state index contributed by atoms with van der Waals surface area (Å²) in [6, 6.07) is 1.97. The van der Waals surface area contributed by atoms with Gasteiger partial charge in [0.15, 0.2) is 4.34 Å². The van der Waals surface area contributed by atoms with Crippen molar-refractivity contribution in [1.29, 1.82) is 0 Å². The topological polar surface area (TPSA) is 92.9 Å². The Balaban J connectivity index is 1.75. The summed E-state index contributed by atoms with van der Waals surface area (Å²) in [6.07, 6.45) is 2.71. The van der Waals surface area contributed by atoms with Crippen LogP contribution < -0.4 is 5.32 Å². The molecule has 7 nitrogen and oxygen atoms in total. The molecule has 0 amide bonds. The molecule has 2 heterocycles. The highest BCUT2D eigenvalue weighted by molar-refractivity contribution is 8.01. The number of aryl methyl sites for hydroxylation is 1. The van der Waals surface area contributed by atoms with Gasteiger partial charge in [-0.2, -0.15) is 5.10 Å². The first-order valence-electron chi connectivity index (χ1n) is 5.54. The summed E-state index contributed by atoms with van der Waals surface area (Å²) < 4.78 is 2.42. The molecule has 0 spiro atoms. The summed E-state index contributed by atoms with van der Waals surface area (Å²) in [6.45, 7) is 0.718. The highest BCUT2D eigenvalue weighted by Gasteiger charge is 2.06. The number of hydrogen-bond acceptors (Lipinski definition) is 7. The van der Waals surface area contributed by atoms with Crippen LogP contribution in [0.2, 0.25) is 0 Å². The molecular formula is C10H13N5O2S2. The maximum absolute atomic E-state index is 10.4. The van der Waals surface area contributed by atoms with Crippen LogP contribution in [0.4, 0.5) is 5.13 Å². The molecule has 19 heavy (non-hydrogen) atoms. The number of hydrogen-bond donors (Lipinski definition) is 2. The zero-order chi connectivity index (χ0) is 13.7. The largest absolute Gasteiger partial charge is 0.481 e. The first kappa shape index (κ1) is 13.8. The maximum atomic E-state index is 10.4. The van der Waals surface area contributed by atoms with Crippen molar-refractivity contribution in [1.82, 2.24) is 20.0 Å². The van der Waals surface area contributed by atoms with Crippen LogP contribution in [0, 0.1) is 0 Å². The van der Waals surface area contributed by atoms with Crippen molar-refractivity contribution in [2.24, 2.45) is 7.05 Å². The Bertz CT molecular complexity index is 554. The molecule has 2 N–H and O–H groups in total. The van der Waals surface area contributed by atoms with E-state index in [9.17, 15) is 4.79 Å². The zero-order valence-electron chi connectivity index (χ0n) is 10.2. The minimum Gasteiger partial charge on any atom is -0.481 e. The zero-order valence-corrected chi connectivity index (χ0v) is 11.9. The maximum Gasteiger partial charge on any atom is 0.313 e. The number of aliphatic carboxylic acids is 1. The Kier molecular flexibility index (Phi) is 4.74. The van der Waals surface area contributed by atoms with Gasteiger partial charge in [-0.25, -0.2) is 0 Å². The molecule has 0 unspecified atom stereocenters. The van der Waals surface area contributed by atoms with Gasteiger partial charge >= 0.3 is 5.97 Å². The van der Waals surface area contributed by atoms with Crippen molar-refractivity contribution in [3.8, 4) is 0 Å². The number of thioether (sulfide) groups is 1. The summed E-state index contributed by atoms with van der Waals surface area (Å²) in [5.41, 5.74) is 1.01.